The van der Waals surface area contributed by atoms with Crippen LogP contribution in [0.4, 0.5) is 10.1 Å². The first-order chi connectivity index (χ1) is 9.51. The molecule has 2 atom stereocenters. The van der Waals surface area contributed by atoms with Crippen LogP contribution in [-0.2, 0) is 0 Å². The summed E-state index contributed by atoms with van der Waals surface area (Å²) in [6.07, 6.45) is 2.36. The van der Waals surface area contributed by atoms with Crippen LogP contribution in [0.3, 0.4) is 0 Å². The molecule has 1 aliphatic heterocycles. The van der Waals surface area contributed by atoms with E-state index in [0.29, 0.717) is 18.0 Å². The van der Waals surface area contributed by atoms with Crippen molar-refractivity contribution in [2.75, 3.05) is 18.0 Å². The van der Waals surface area contributed by atoms with Crippen molar-refractivity contribution in [3.05, 3.63) is 29.6 Å². The third-order valence-electron chi connectivity index (χ3n) is 4.20. The first-order valence-corrected chi connectivity index (χ1v) is 7.78. The van der Waals surface area contributed by atoms with E-state index in [2.05, 4.69) is 37.1 Å². The molecule has 1 saturated heterocycles. The van der Waals surface area contributed by atoms with Crippen LogP contribution in [0.15, 0.2) is 18.2 Å². The molecule has 20 heavy (non-hydrogen) atoms. The Morgan fingerprint density at radius 3 is 2.70 bits per heavy atom. The highest BCUT2D eigenvalue weighted by Gasteiger charge is 2.29. The lowest BCUT2D eigenvalue weighted by Crippen LogP contribution is -2.58. The van der Waals surface area contributed by atoms with Gasteiger partial charge >= 0.3 is 0 Å². The van der Waals surface area contributed by atoms with Gasteiger partial charge in [0, 0.05) is 30.9 Å². The van der Waals surface area contributed by atoms with Gasteiger partial charge < -0.3 is 10.2 Å². The second-order valence-electron chi connectivity index (χ2n) is 6.34. The summed E-state index contributed by atoms with van der Waals surface area (Å²) in [5, 5.41) is 3.64. The molecule has 1 aliphatic rings. The van der Waals surface area contributed by atoms with Gasteiger partial charge in [0.05, 0.1) is 0 Å². The first kappa shape index (κ1) is 15.3. The highest BCUT2D eigenvalue weighted by molar-refractivity contribution is 5.50. The molecule has 112 valence electrons. The summed E-state index contributed by atoms with van der Waals surface area (Å²) in [7, 11) is 0. The highest BCUT2D eigenvalue weighted by Crippen LogP contribution is 2.26. The highest BCUT2D eigenvalue weighted by atomic mass is 19.1. The molecule has 1 heterocycles. The lowest BCUT2D eigenvalue weighted by molar-refractivity contribution is 0.327. The molecule has 0 saturated carbocycles. The van der Waals surface area contributed by atoms with Crippen molar-refractivity contribution in [2.45, 2.75) is 52.6 Å². The molecule has 2 unspecified atom stereocenters. The zero-order valence-electron chi connectivity index (χ0n) is 13.1. The van der Waals surface area contributed by atoms with Crippen molar-refractivity contribution >= 4 is 5.69 Å². The van der Waals surface area contributed by atoms with Crippen molar-refractivity contribution < 1.29 is 4.39 Å². The maximum absolute atomic E-state index is 13.7. The second kappa shape index (κ2) is 6.57. The van der Waals surface area contributed by atoms with Crippen molar-refractivity contribution in [1.82, 2.24) is 5.32 Å². The largest absolute Gasteiger partial charge is 0.365 e. The van der Waals surface area contributed by atoms with Gasteiger partial charge in [-0.25, -0.2) is 4.39 Å². The van der Waals surface area contributed by atoms with E-state index in [0.717, 1.165) is 24.3 Å². The van der Waals surface area contributed by atoms with Gasteiger partial charge in [0.1, 0.15) is 5.82 Å². The van der Waals surface area contributed by atoms with Gasteiger partial charge in [-0.3, -0.25) is 0 Å². The van der Waals surface area contributed by atoms with Gasteiger partial charge in [0.2, 0.25) is 0 Å². The normalized spacial score (nSPS) is 23.4. The number of halogens is 1. The molecular weight excluding hydrogens is 251 g/mol. The Bertz CT molecular complexity index is 424. The minimum Gasteiger partial charge on any atom is -0.365 e. The maximum Gasteiger partial charge on any atom is 0.125 e. The molecule has 1 fully saturated rings. The molecule has 3 heteroatoms. The zero-order chi connectivity index (χ0) is 14.7. The van der Waals surface area contributed by atoms with E-state index in [9.17, 15) is 4.39 Å². The summed E-state index contributed by atoms with van der Waals surface area (Å²) in [5.41, 5.74) is 2.02. The number of anilines is 1. The number of hydrogen-bond donors (Lipinski definition) is 1. The molecule has 2 nitrogen and oxygen atoms in total. The molecule has 1 aromatic carbocycles. The zero-order valence-corrected chi connectivity index (χ0v) is 13.1. The Kier molecular flexibility index (Phi) is 5.03. The van der Waals surface area contributed by atoms with E-state index in [4.69, 9.17) is 0 Å². The molecule has 0 amide bonds. The topological polar surface area (TPSA) is 15.3 Å². The molecule has 0 aromatic heterocycles. The van der Waals surface area contributed by atoms with E-state index >= 15 is 0 Å². The molecule has 1 aromatic rings. The van der Waals surface area contributed by atoms with Crippen molar-refractivity contribution in [3.8, 4) is 0 Å². The van der Waals surface area contributed by atoms with E-state index < -0.39 is 0 Å². The number of benzene rings is 1. The van der Waals surface area contributed by atoms with Crippen LogP contribution in [0.2, 0.25) is 0 Å². The minimum absolute atomic E-state index is 0.131. The number of rotatable bonds is 4. The summed E-state index contributed by atoms with van der Waals surface area (Å²) in [6.45, 7) is 10.6. The summed E-state index contributed by atoms with van der Waals surface area (Å²) in [6, 6.07) is 6.33. The smallest absolute Gasteiger partial charge is 0.125 e. The number of aryl methyl sites for hydroxylation is 1. The van der Waals surface area contributed by atoms with E-state index in [1.54, 1.807) is 12.1 Å². The predicted molar refractivity (Wildman–Crippen MR) is 83.8 cm³/mol. The van der Waals surface area contributed by atoms with Crippen molar-refractivity contribution in [3.63, 3.8) is 0 Å². The Labute approximate surface area is 122 Å². The van der Waals surface area contributed by atoms with Gasteiger partial charge in [-0.1, -0.05) is 27.2 Å². The van der Waals surface area contributed by atoms with E-state index in [-0.39, 0.29) is 5.82 Å². The Morgan fingerprint density at radius 1 is 1.35 bits per heavy atom. The summed E-state index contributed by atoms with van der Waals surface area (Å²) < 4.78 is 13.7. The number of hydrogen-bond acceptors (Lipinski definition) is 2. The Balaban J connectivity index is 2.26. The first-order valence-electron chi connectivity index (χ1n) is 7.78. The van der Waals surface area contributed by atoms with Crippen LogP contribution < -0.4 is 10.2 Å². The average Bonchev–Trinajstić information content (AvgIpc) is 2.37. The number of nitrogens with zero attached hydrogens (tertiary/aromatic N) is 1. The fraction of sp³-hybridized carbons (Fsp3) is 0.647. The molecule has 0 spiro atoms. The van der Waals surface area contributed by atoms with Gasteiger partial charge in [-0.05, 0) is 43.0 Å². The van der Waals surface area contributed by atoms with Crippen LogP contribution in [-0.4, -0.2) is 25.2 Å². The fourth-order valence-electron chi connectivity index (χ4n) is 3.15. The fourth-order valence-corrected chi connectivity index (χ4v) is 3.15. The van der Waals surface area contributed by atoms with Crippen molar-refractivity contribution in [1.29, 1.82) is 0 Å². The monoisotopic (exact) mass is 278 g/mol. The lowest BCUT2D eigenvalue weighted by atomic mass is 9.96. The molecule has 0 radical (unpaired) electrons. The summed E-state index contributed by atoms with van der Waals surface area (Å²) >= 11 is 0. The van der Waals surface area contributed by atoms with Crippen LogP contribution >= 0.6 is 0 Å². The van der Waals surface area contributed by atoms with E-state index in [1.165, 1.54) is 12.8 Å². The average molecular weight is 278 g/mol. The third kappa shape index (κ3) is 3.51. The lowest BCUT2D eigenvalue weighted by Gasteiger charge is -2.44. The number of nitrogens with one attached hydrogen (secondary N) is 1. The molecular formula is C17H27FN2. The van der Waals surface area contributed by atoms with Gasteiger partial charge in [-0.15, -0.1) is 0 Å². The molecule has 0 bridgehead atoms. The van der Waals surface area contributed by atoms with Gasteiger partial charge in [-0.2, -0.15) is 0 Å². The summed E-state index contributed by atoms with van der Waals surface area (Å²) in [5.74, 6) is 0.418. The maximum atomic E-state index is 13.7. The van der Waals surface area contributed by atoms with Crippen LogP contribution in [0.1, 0.15) is 39.2 Å². The third-order valence-corrected chi connectivity index (χ3v) is 4.20. The van der Waals surface area contributed by atoms with Gasteiger partial charge in [0.15, 0.2) is 0 Å². The van der Waals surface area contributed by atoms with Crippen LogP contribution in [0, 0.1) is 18.7 Å². The van der Waals surface area contributed by atoms with E-state index in [1.807, 2.05) is 6.92 Å². The number of piperazine rings is 1. The molecule has 0 aliphatic carbocycles. The Hall–Kier alpha value is -1.09. The molecule has 2 rings (SSSR count). The SMILES string of the molecule is CCCC1CN(c2cc(C)cc(F)c2)C(C(C)C)CN1. The van der Waals surface area contributed by atoms with Crippen LogP contribution in [0.5, 0.6) is 0 Å². The quantitative estimate of drug-likeness (QED) is 0.902. The summed E-state index contributed by atoms with van der Waals surface area (Å²) in [4.78, 5) is 2.40. The molecule has 1 N–H and O–H groups in total. The standard InChI is InChI=1S/C17H27FN2/c1-5-6-15-11-20(17(10-19-15)12(2)3)16-8-13(4)7-14(18)9-16/h7-9,12,15,17,19H,5-6,10-11H2,1-4H3. The van der Waals surface area contributed by atoms with Crippen molar-refractivity contribution in [2.24, 2.45) is 5.92 Å². The predicted octanol–water partition coefficient (Wildman–Crippen LogP) is 3.74. The minimum atomic E-state index is -0.131. The Morgan fingerprint density at radius 2 is 2.10 bits per heavy atom. The van der Waals surface area contributed by atoms with Gasteiger partial charge in [0.25, 0.3) is 0 Å². The second-order valence-corrected chi connectivity index (χ2v) is 6.34. The van der Waals surface area contributed by atoms with Crippen LogP contribution in [0.25, 0.3) is 0 Å².